The van der Waals surface area contributed by atoms with E-state index in [9.17, 15) is 13.2 Å². The molecule has 2 aliphatic rings. The smallest absolute Gasteiger partial charge is 0.367 e. The highest BCUT2D eigenvalue weighted by Crippen LogP contribution is 2.37. The first kappa shape index (κ1) is 20.2. The highest BCUT2D eigenvalue weighted by atomic mass is 79.9. The van der Waals surface area contributed by atoms with Gasteiger partial charge >= 0.3 is 6.18 Å². The van der Waals surface area contributed by atoms with E-state index >= 15 is 0 Å². The number of aliphatic imine (C=N–C) groups is 1. The molecule has 0 bridgehead atoms. The van der Waals surface area contributed by atoms with Gasteiger partial charge in [-0.1, -0.05) is 24.3 Å². The van der Waals surface area contributed by atoms with Gasteiger partial charge in [0.05, 0.1) is 18.3 Å². The predicted molar refractivity (Wildman–Crippen MR) is 118 cm³/mol. The van der Waals surface area contributed by atoms with Crippen molar-refractivity contribution >= 4 is 38.7 Å². The third-order valence-corrected chi connectivity index (χ3v) is 5.90. The number of hydrogen-bond donors (Lipinski definition) is 1. The van der Waals surface area contributed by atoms with Gasteiger partial charge < -0.3 is 5.32 Å². The molecule has 0 unspecified atom stereocenters. The van der Waals surface area contributed by atoms with E-state index in [0.29, 0.717) is 22.0 Å². The van der Waals surface area contributed by atoms with Crippen LogP contribution >= 0.6 is 15.9 Å². The van der Waals surface area contributed by atoms with E-state index in [1.54, 1.807) is 12.4 Å². The van der Waals surface area contributed by atoms with Gasteiger partial charge in [-0.2, -0.15) is 13.2 Å². The highest BCUT2D eigenvalue weighted by molar-refractivity contribution is 9.10. The van der Waals surface area contributed by atoms with Crippen molar-refractivity contribution in [3.63, 3.8) is 0 Å². The Labute approximate surface area is 185 Å². The summed E-state index contributed by atoms with van der Waals surface area (Å²) in [5.41, 5.74) is 5.94. The van der Waals surface area contributed by atoms with Gasteiger partial charge in [0.1, 0.15) is 4.60 Å². The maximum Gasteiger partial charge on any atom is 0.390 e. The Balaban J connectivity index is 1.38. The molecular weight excluding hydrogens is 471 g/mol. The molecule has 2 aromatic heterocycles. The van der Waals surface area contributed by atoms with E-state index in [4.69, 9.17) is 0 Å². The predicted octanol–water partition coefficient (Wildman–Crippen LogP) is 6.12. The Bertz CT molecular complexity index is 1190. The summed E-state index contributed by atoms with van der Waals surface area (Å²) in [4.78, 5) is 13.2. The third kappa shape index (κ3) is 4.37. The molecule has 3 aromatic rings. The van der Waals surface area contributed by atoms with Crippen molar-refractivity contribution in [2.75, 3.05) is 11.9 Å². The number of rotatable bonds is 6. The molecule has 9 heteroatoms. The van der Waals surface area contributed by atoms with Crippen LogP contribution in [0.2, 0.25) is 0 Å². The summed E-state index contributed by atoms with van der Waals surface area (Å²) in [5, 5.41) is 2.75. The molecule has 1 fully saturated rings. The average Bonchev–Trinajstić information content (AvgIpc) is 3.30. The number of hydrogen-bond acceptors (Lipinski definition) is 4. The van der Waals surface area contributed by atoms with E-state index < -0.39 is 12.6 Å². The van der Waals surface area contributed by atoms with E-state index in [1.165, 1.54) is 24.1 Å². The molecule has 3 heterocycles. The number of nitrogens with one attached hydrogen (secondary N) is 1. The van der Waals surface area contributed by atoms with Crippen LogP contribution in [0.5, 0.6) is 0 Å². The molecule has 0 amide bonds. The summed E-state index contributed by atoms with van der Waals surface area (Å²) < 4.78 is 39.8. The van der Waals surface area contributed by atoms with Crippen LogP contribution in [0.4, 0.5) is 19.0 Å². The van der Waals surface area contributed by atoms with Crippen LogP contribution in [0.3, 0.4) is 0 Å². The number of alkyl halides is 3. The van der Waals surface area contributed by atoms with Crippen molar-refractivity contribution in [2.24, 2.45) is 10.9 Å². The second kappa shape index (κ2) is 7.78. The SMILES string of the molecule is FC(F)(F)CCNc1nc(Br)cn2c(-c3ccc(C4=CN=C(C5CC5)C4)cc3)cnc12. The van der Waals surface area contributed by atoms with Crippen LogP contribution in [0.25, 0.3) is 22.5 Å². The summed E-state index contributed by atoms with van der Waals surface area (Å²) in [7, 11) is 0. The zero-order chi connectivity index (χ0) is 21.6. The molecule has 1 saturated carbocycles. The second-order valence-corrected chi connectivity index (χ2v) is 8.66. The van der Waals surface area contributed by atoms with Gasteiger partial charge in [-0.25, -0.2) is 9.97 Å². The summed E-state index contributed by atoms with van der Waals surface area (Å²) >= 11 is 3.34. The standard InChI is InChI=1S/C22H19BrF3N5/c23-19-12-31-18(11-29-21(31)20(30-19)27-8-7-22(24,25)26)15-5-1-13(2-6-15)16-9-17(28-10-16)14-3-4-14/h1-2,5-6,10-12,14H,3-4,7-9H2,(H,27,30). The topological polar surface area (TPSA) is 54.6 Å². The number of aromatic nitrogens is 3. The van der Waals surface area contributed by atoms with Gasteiger partial charge in [-0.15, -0.1) is 0 Å². The molecule has 160 valence electrons. The molecule has 0 radical (unpaired) electrons. The minimum atomic E-state index is -4.23. The number of anilines is 1. The zero-order valence-electron chi connectivity index (χ0n) is 16.5. The van der Waals surface area contributed by atoms with Gasteiger partial charge in [-0.3, -0.25) is 9.39 Å². The van der Waals surface area contributed by atoms with Crippen molar-refractivity contribution in [2.45, 2.75) is 31.9 Å². The second-order valence-electron chi connectivity index (χ2n) is 7.84. The molecule has 5 nitrogen and oxygen atoms in total. The summed E-state index contributed by atoms with van der Waals surface area (Å²) in [6, 6.07) is 8.20. The number of imidazole rings is 1. The largest absolute Gasteiger partial charge is 0.390 e. The van der Waals surface area contributed by atoms with E-state index in [1.807, 2.05) is 22.7 Å². The molecule has 0 atom stereocenters. The highest BCUT2D eigenvalue weighted by Gasteiger charge is 2.29. The van der Waals surface area contributed by atoms with E-state index in [0.717, 1.165) is 23.2 Å². The van der Waals surface area contributed by atoms with Gasteiger partial charge in [0.25, 0.3) is 0 Å². The van der Waals surface area contributed by atoms with E-state index in [-0.39, 0.29) is 6.54 Å². The van der Waals surface area contributed by atoms with Crippen LogP contribution in [-0.2, 0) is 0 Å². The molecule has 5 rings (SSSR count). The van der Waals surface area contributed by atoms with Gasteiger partial charge in [0, 0.05) is 36.6 Å². The van der Waals surface area contributed by atoms with Gasteiger partial charge in [-0.05, 0) is 45.8 Å². The molecular formula is C22H19BrF3N5. The van der Waals surface area contributed by atoms with Crippen LogP contribution in [-0.4, -0.2) is 32.8 Å². The van der Waals surface area contributed by atoms with Crippen molar-refractivity contribution < 1.29 is 13.2 Å². The quantitative estimate of drug-likeness (QED) is 0.453. The van der Waals surface area contributed by atoms with Crippen molar-refractivity contribution in [3.05, 3.63) is 53.0 Å². The first-order valence-electron chi connectivity index (χ1n) is 10.1. The Morgan fingerprint density at radius 2 is 1.87 bits per heavy atom. The fraction of sp³-hybridized carbons (Fsp3) is 0.318. The number of fused-ring (bicyclic) bond motifs is 1. The fourth-order valence-electron chi connectivity index (χ4n) is 3.76. The van der Waals surface area contributed by atoms with Crippen molar-refractivity contribution in [3.8, 4) is 11.3 Å². The van der Waals surface area contributed by atoms with E-state index in [2.05, 4.69) is 48.3 Å². The molecule has 1 aromatic carbocycles. The monoisotopic (exact) mass is 489 g/mol. The number of nitrogens with zero attached hydrogens (tertiary/aromatic N) is 4. The lowest BCUT2D eigenvalue weighted by molar-refractivity contribution is -0.131. The summed E-state index contributed by atoms with van der Waals surface area (Å²) in [5.74, 6) is 0.986. The Hall–Kier alpha value is -2.68. The minimum absolute atomic E-state index is 0.264. The number of allylic oxidation sites excluding steroid dienone is 1. The normalized spacial score (nSPS) is 16.5. The van der Waals surface area contributed by atoms with Crippen molar-refractivity contribution in [1.82, 2.24) is 14.4 Å². The molecule has 0 spiro atoms. The number of halogens is 4. The number of benzene rings is 1. The van der Waals surface area contributed by atoms with Crippen LogP contribution in [0.15, 0.2) is 52.5 Å². The first-order valence-corrected chi connectivity index (χ1v) is 10.9. The third-order valence-electron chi connectivity index (χ3n) is 5.52. The Morgan fingerprint density at radius 3 is 2.58 bits per heavy atom. The lowest BCUT2D eigenvalue weighted by Crippen LogP contribution is -2.15. The van der Waals surface area contributed by atoms with Crippen LogP contribution in [0.1, 0.15) is 31.2 Å². The summed E-state index contributed by atoms with van der Waals surface area (Å²) in [6.45, 7) is -0.264. The molecule has 31 heavy (non-hydrogen) atoms. The first-order chi connectivity index (χ1) is 14.9. The maximum absolute atomic E-state index is 12.5. The Morgan fingerprint density at radius 1 is 1.13 bits per heavy atom. The lowest BCUT2D eigenvalue weighted by Gasteiger charge is -2.10. The summed E-state index contributed by atoms with van der Waals surface area (Å²) in [6.07, 6.45) is 3.70. The zero-order valence-corrected chi connectivity index (χ0v) is 18.0. The van der Waals surface area contributed by atoms with Crippen molar-refractivity contribution in [1.29, 1.82) is 0 Å². The molecule has 1 N–H and O–H groups in total. The molecule has 0 saturated heterocycles. The molecule has 1 aliphatic carbocycles. The van der Waals surface area contributed by atoms with Crippen LogP contribution < -0.4 is 5.32 Å². The lowest BCUT2D eigenvalue weighted by atomic mass is 9.99. The Kier molecular flexibility index (Phi) is 5.08. The van der Waals surface area contributed by atoms with Crippen LogP contribution in [0, 0.1) is 5.92 Å². The maximum atomic E-state index is 12.5. The fourth-order valence-corrected chi connectivity index (χ4v) is 4.14. The van der Waals surface area contributed by atoms with Gasteiger partial charge in [0.2, 0.25) is 0 Å². The average molecular weight is 490 g/mol. The minimum Gasteiger partial charge on any atom is -0.367 e. The van der Waals surface area contributed by atoms with Gasteiger partial charge in [0.15, 0.2) is 11.5 Å². The molecule has 1 aliphatic heterocycles.